The number of ether oxygens (including phenoxy) is 3. The van der Waals surface area contributed by atoms with Crippen LogP contribution >= 0.6 is 0 Å². The molecule has 0 unspecified atom stereocenters. The van der Waals surface area contributed by atoms with E-state index in [1.807, 2.05) is 0 Å². The van der Waals surface area contributed by atoms with Crippen LogP contribution in [0.2, 0.25) is 0 Å². The smallest absolute Gasteiger partial charge is 0.260 e. The summed E-state index contributed by atoms with van der Waals surface area (Å²) in [6.07, 6.45) is 2.78. The minimum atomic E-state index is -1.08. The standard InChI is InChI=1S/C22H21F2NO5/c1-28-21-12-15(2-6-19(26)16-4-5-17(23)18(24)13-16)3-7-20(21)30-14-22(27)25-8-10-29-11-9-25/h2-7,12-13H,8-11,14H2,1H3/b6-2+. The van der Waals surface area contributed by atoms with Crippen molar-refractivity contribution in [3.63, 3.8) is 0 Å². The molecular weight excluding hydrogens is 396 g/mol. The van der Waals surface area contributed by atoms with E-state index in [9.17, 15) is 18.4 Å². The summed E-state index contributed by atoms with van der Waals surface area (Å²) < 4.78 is 42.4. The van der Waals surface area contributed by atoms with E-state index in [0.717, 1.165) is 12.1 Å². The van der Waals surface area contributed by atoms with Crippen molar-refractivity contribution in [2.75, 3.05) is 40.0 Å². The summed E-state index contributed by atoms with van der Waals surface area (Å²) in [4.78, 5) is 26.0. The van der Waals surface area contributed by atoms with Gasteiger partial charge < -0.3 is 19.1 Å². The Morgan fingerprint density at radius 2 is 1.83 bits per heavy atom. The van der Waals surface area contributed by atoms with Gasteiger partial charge in [0.1, 0.15) is 0 Å². The molecule has 1 saturated heterocycles. The molecule has 1 fully saturated rings. The number of amides is 1. The zero-order chi connectivity index (χ0) is 21.5. The number of halogens is 2. The van der Waals surface area contributed by atoms with E-state index in [2.05, 4.69) is 0 Å². The van der Waals surface area contributed by atoms with Crippen molar-refractivity contribution in [1.29, 1.82) is 0 Å². The summed E-state index contributed by atoms with van der Waals surface area (Å²) in [7, 11) is 1.46. The first-order valence-electron chi connectivity index (χ1n) is 9.32. The summed E-state index contributed by atoms with van der Waals surface area (Å²) in [6.45, 7) is 1.98. The maximum Gasteiger partial charge on any atom is 0.260 e. The van der Waals surface area contributed by atoms with Gasteiger partial charge in [0.2, 0.25) is 0 Å². The summed E-state index contributed by atoms with van der Waals surface area (Å²) in [5.41, 5.74) is 0.674. The van der Waals surface area contributed by atoms with Crippen LogP contribution in [0.3, 0.4) is 0 Å². The molecule has 0 spiro atoms. The highest BCUT2D eigenvalue weighted by Gasteiger charge is 2.18. The van der Waals surface area contributed by atoms with Gasteiger partial charge in [0.15, 0.2) is 35.5 Å². The van der Waals surface area contributed by atoms with Crippen molar-refractivity contribution in [1.82, 2.24) is 4.90 Å². The summed E-state index contributed by atoms with van der Waals surface area (Å²) in [6, 6.07) is 7.94. The fourth-order valence-corrected chi connectivity index (χ4v) is 2.87. The Kier molecular flexibility index (Phi) is 7.13. The molecular formula is C22H21F2NO5. The molecule has 8 heteroatoms. The second kappa shape index (κ2) is 9.98. The Balaban J connectivity index is 1.64. The topological polar surface area (TPSA) is 65.1 Å². The third kappa shape index (κ3) is 5.42. The maximum absolute atomic E-state index is 13.3. The number of methoxy groups -OCH3 is 1. The van der Waals surface area contributed by atoms with Gasteiger partial charge in [-0.1, -0.05) is 12.1 Å². The van der Waals surface area contributed by atoms with Crippen molar-refractivity contribution >= 4 is 17.8 Å². The number of carbonyl (C=O) groups is 2. The van der Waals surface area contributed by atoms with Crippen LogP contribution in [0.25, 0.3) is 6.08 Å². The molecule has 30 heavy (non-hydrogen) atoms. The summed E-state index contributed by atoms with van der Waals surface area (Å²) >= 11 is 0. The Labute approximate surface area is 172 Å². The van der Waals surface area contributed by atoms with Gasteiger partial charge in [-0.2, -0.15) is 0 Å². The van der Waals surface area contributed by atoms with E-state index < -0.39 is 17.4 Å². The van der Waals surface area contributed by atoms with Crippen LogP contribution in [0, 0.1) is 11.6 Å². The SMILES string of the molecule is COc1cc(/C=C/C(=O)c2ccc(F)c(F)c2)ccc1OCC(=O)N1CCOCC1. The van der Waals surface area contributed by atoms with Gasteiger partial charge in [0.05, 0.1) is 20.3 Å². The minimum absolute atomic E-state index is 0.0405. The molecule has 0 aromatic heterocycles. The van der Waals surface area contributed by atoms with Crippen LogP contribution in [0.4, 0.5) is 8.78 Å². The lowest BCUT2D eigenvalue weighted by Crippen LogP contribution is -2.43. The average Bonchev–Trinajstić information content (AvgIpc) is 2.78. The highest BCUT2D eigenvalue weighted by Crippen LogP contribution is 2.28. The van der Waals surface area contributed by atoms with Crippen LogP contribution < -0.4 is 9.47 Å². The molecule has 0 aliphatic carbocycles. The predicted octanol–water partition coefficient (Wildman–Crippen LogP) is 3.11. The fourth-order valence-electron chi connectivity index (χ4n) is 2.87. The fraction of sp³-hybridized carbons (Fsp3) is 0.273. The molecule has 6 nitrogen and oxygen atoms in total. The second-order valence-electron chi connectivity index (χ2n) is 6.52. The number of rotatable bonds is 7. The quantitative estimate of drug-likeness (QED) is 0.512. The van der Waals surface area contributed by atoms with E-state index in [1.54, 1.807) is 23.1 Å². The van der Waals surface area contributed by atoms with Crippen LogP contribution in [-0.2, 0) is 9.53 Å². The van der Waals surface area contributed by atoms with Crippen LogP contribution in [0.5, 0.6) is 11.5 Å². The van der Waals surface area contributed by atoms with Gasteiger partial charge in [-0.3, -0.25) is 9.59 Å². The minimum Gasteiger partial charge on any atom is -0.493 e. The molecule has 0 bridgehead atoms. The highest BCUT2D eigenvalue weighted by atomic mass is 19.2. The highest BCUT2D eigenvalue weighted by molar-refractivity contribution is 6.06. The van der Waals surface area contributed by atoms with Gasteiger partial charge in [-0.15, -0.1) is 0 Å². The first-order chi connectivity index (χ1) is 14.5. The van der Waals surface area contributed by atoms with Crippen molar-refractivity contribution in [3.05, 3.63) is 65.2 Å². The van der Waals surface area contributed by atoms with E-state index in [0.29, 0.717) is 43.4 Å². The zero-order valence-corrected chi connectivity index (χ0v) is 16.4. The van der Waals surface area contributed by atoms with Crippen LogP contribution in [-0.4, -0.2) is 56.6 Å². The molecule has 1 aliphatic rings. The molecule has 0 radical (unpaired) electrons. The molecule has 158 valence electrons. The monoisotopic (exact) mass is 417 g/mol. The van der Waals surface area contributed by atoms with Crippen molar-refractivity contribution < 1.29 is 32.6 Å². The van der Waals surface area contributed by atoms with E-state index in [4.69, 9.17) is 14.2 Å². The average molecular weight is 417 g/mol. The Morgan fingerprint density at radius 1 is 1.07 bits per heavy atom. The number of hydrogen-bond acceptors (Lipinski definition) is 5. The first kappa shape index (κ1) is 21.4. The van der Waals surface area contributed by atoms with Gasteiger partial charge >= 0.3 is 0 Å². The largest absolute Gasteiger partial charge is 0.493 e. The van der Waals surface area contributed by atoms with Crippen molar-refractivity contribution in [3.8, 4) is 11.5 Å². The van der Waals surface area contributed by atoms with Gasteiger partial charge in [-0.25, -0.2) is 8.78 Å². The normalized spacial score (nSPS) is 14.0. The zero-order valence-electron chi connectivity index (χ0n) is 16.4. The molecule has 0 saturated carbocycles. The van der Waals surface area contributed by atoms with Gasteiger partial charge in [0.25, 0.3) is 5.91 Å². The molecule has 0 N–H and O–H groups in total. The van der Waals surface area contributed by atoms with Gasteiger partial charge in [-0.05, 0) is 42.0 Å². The van der Waals surface area contributed by atoms with Crippen LogP contribution in [0.15, 0.2) is 42.5 Å². The third-order valence-corrected chi connectivity index (χ3v) is 4.53. The predicted molar refractivity (Wildman–Crippen MR) is 106 cm³/mol. The molecule has 1 amide bonds. The number of allylic oxidation sites excluding steroid dienone is 1. The Hall–Kier alpha value is -3.26. The number of morpholine rings is 1. The van der Waals surface area contributed by atoms with E-state index >= 15 is 0 Å². The summed E-state index contributed by atoms with van der Waals surface area (Å²) in [5.74, 6) is -1.91. The number of hydrogen-bond donors (Lipinski definition) is 0. The van der Waals surface area contributed by atoms with Gasteiger partial charge in [0, 0.05) is 18.7 Å². The lowest BCUT2D eigenvalue weighted by molar-refractivity contribution is -0.137. The molecule has 2 aromatic carbocycles. The number of carbonyl (C=O) groups excluding carboxylic acids is 2. The second-order valence-corrected chi connectivity index (χ2v) is 6.52. The molecule has 3 rings (SSSR count). The maximum atomic E-state index is 13.3. The molecule has 1 aliphatic heterocycles. The summed E-state index contributed by atoms with van der Waals surface area (Å²) in [5, 5.41) is 0. The lowest BCUT2D eigenvalue weighted by Gasteiger charge is -2.26. The number of nitrogens with zero attached hydrogens (tertiary/aromatic N) is 1. The van der Waals surface area contributed by atoms with Crippen LogP contribution in [0.1, 0.15) is 15.9 Å². The Bertz CT molecular complexity index is 955. The third-order valence-electron chi connectivity index (χ3n) is 4.53. The van der Waals surface area contributed by atoms with Crippen molar-refractivity contribution in [2.45, 2.75) is 0 Å². The molecule has 1 heterocycles. The molecule has 2 aromatic rings. The van der Waals surface area contributed by atoms with Crippen molar-refractivity contribution in [2.24, 2.45) is 0 Å². The first-order valence-corrected chi connectivity index (χ1v) is 9.32. The molecule has 0 atom stereocenters. The number of benzene rings is 2. The Morgan fingerprint density at radius 3 is 2.53 bits per heavy atom. The van der Waals surface area contributed by atoms with E-state index in [1.165, 1.54) is 25.3 Å². The number of ketones is 1. The lowest BCUT2D eigenvalue weighted by atomic mass is 10.1. The van der Waals surface area contributed by atoms with E-state index in [-0.39, 0.29) is 18.1 Å².